The van der Waals surface area contributed by atoms with E-state index in [1.165, 1.54) is 23.0 Å². The molecule has 3 amide bonds. The van der Waals surface area contributed by atoms with E-state index in [0.717, 1.165) is 35.8 Å². The number of carbonyl (C=O) groups is 3. The van der Waals surface area contributed by atoms with Gasteiger partial charge in [-0.05, 0) is 56.0 Å². The molecule has 13 nitrogen and oxygen atoms in total. The van der Waals surface area contributed by atoms with E-state index in [1.54, 1.807) is 18.2 Å². The van der Waals surface area contributed by atoms with Gasteiger partial charge in [0.2, 0.25) is 11.8 Å². The third kappa shape index (κ3) is 7.22. The van der Waals surface area contributed by atoms with E-state index in [0.29, 0.717) is 37.2 Å². The molecule has 1 unspecified atom stereocenters. The van der Waals surface area contributed by atoms with E-state index >= 15 is 0 Å². The molecule has 6 N–H and O–H groups in total. The highest BCUT2D eigenvalue weighted by atomic mass is 19.4. The van der Waals surface area contributed by atoms with Crippen LogP contribution in [0.3, 0.4) is 0 Å². The van der Waals surface area contributed by atoms with Crippen molar-refractivity contribution < 1.29 is 27.6 Å². The molecule has 1 aromatic carbocycles. The fraction of sp³-hybridized carbons (Fsp3) is 0.379. The van der Waals surface area contributed by atoms with Crippen molar-refractivity contribution in [1.82, 2.24) is 40.1 Å². The molecular weight excluding hydrogens is 593 g/mol. The molecule has 1 aliphatic rings. The fourth-order valence-corrected chi connectivity index (χ4v) is 5.22. The Hall–Kier alpha value is -4.99. The molecule has 0 radical (unpaired) electrons. The lowest BCUT2D eigenvalue weighted by molar-refractivity contribution is -0.141. The van der Waals surface area contributed by atoms with Crippen LogP contribution in [0, 0.1) is 0 Å². The molecule has 3 aromatic heterocycles. The van der Waals surface area contributed by atoms with Gasteiger partial charge in [0.25, 0.3) is 5.91 Å². The Morgan fingerprint density at radius 1 is 1.16 bits per heavy atom. The summed E-state index contributed by atoms with van der Waals surface area (Å²) in [5, 5.41) is 15.6. The maximum absolute atomic E-state index is 13.8. The first-order valence-electron chi connectivity index (χ1n) is 14.5. The molecule has 1 saturated heterocycles. The van der Waals surface area contributed by atoms with Gasteiger partial charge in [-0.2, -0.15) is 18.3 Å². The molecule has 0 aliphatic carbocycles. The molecule has 45 heavy (non-hydrogen) atoms. The normalized spacial score (nSPS) is 14.9. The van der Waals surface area contributed by atoms with Gasteiger partial charge in [-0.1, -0.05) is 6.92 Å². The van der Waals surface area contributed by atoms with E-state index in [1.807, 2.05) is 6.92 Å². The summed E-state index contributed by atoms with van der Waals surface area (Å²) >= 11 is 0. The number of aryl methyl sites for hydroxylation is 1. The predicted octanol–water partition coefficient (Wildman–Crippen LogP) is 2.39. The van der Waals surface area contributed by atoms with Gasteiger partial charge < -0.3 is 27.0 Å². The number of amides is 3. The summed E-state index contributed by atoms with van der Waals surface area (Å²) in [4.78, 5) is 44.9. The Kier molecular flexibility index (Phi) is 9.32. The number of nitrogens with two attached hydrogens (primary N) is 1. The summed E-state index contributed by atoms with van der Waals surface area (Å²) in [5.41, 5.74) is 5.91. The number of anilines is 2. The number of imidazole rings is 1. The molecule has 1 atom stereocenters. The number of primary amides is 1. The van der Waals surface area contributed by atoms with Crippen LogP contribution >= 0.6 is 0 Å². The number of carbonyl (C=O) groups excluding carboxylic acids is 3. The lowest BCUT2D eigenvalue weighted by Gasteiger charge is -2.13. The molecule has 4 aromatic rings. The van der Waals surface area contributed by atoms with Gasteiger partial charge in [0, 0.05) is 42.9 Å². The van der Waals surface area contributed by atoms with Gasteiger partial charge in [-0.3, -0.25) is 23.5 Å². The number of aromatic nitrogens is 5. The first-order chi connectivity index (χ1) is 21.5. The third-order valence-corrected chi connectivity index (χ3v) is 7.36. The first-order valence-corrected chi connectivity index (χ1v) is 14.5. The highest BCUT2D eigenvalue weighted by molar-refractivity contribution is 5.96. The number of halogens is 3. The summed E-state index contributed by atoms with van der Waals surface area (Å²) in [6.07, 6.45) is 3.43. The van der Waals surface area contributed by atoms with Crippen molar-refractivity contribution in [2.45, 2.75) is 51.4 Å². The van der Waals surface area contributed by atoms with Gasteiger partial charge in [-0.25, -0.2) is 9.97 Å². The fourth-order valence-electron chi connectivity index (χ4n) is 5.22. The first kappa shape index (κ1) is 31.4. The van der Waals surface area contributed by atoms with Crippen LogP contribution in [0.2, 0.25) is 0 Å². The SMILES string of the molecule is CCc1cc(Nc2nccn3c(-c4cn(CC(N)=O)nc4C(F)(F)F)cnc23)ccc1C(=O)NCCCNC(=O)C1CCCN1. The van der Waals surface area contributed by atoms with E-state index in [2.05, 4.69) is 36.3 Å². The number of benzene rings is 1. The van der Waals surface area contributed by atoms with Crippen LogP contribution in [0.5, 0.6) is 0 Å². The topological polar surface area (TPSA) is 173 Å². The molecule has 0 spiro atoms. The van der Waals surface area contributed by atoms with Crippen LogP contribution in [0.4, 0.5) is 24.7 Å². The van der Waals surface area contributed by atoms with Crippen molar-refractivity contribution >= 4 is 34.9 Å². The summed E-state index contributed by atoms with van der Waals surface area (Å²) < 4.78 is 43.7. The second-order valence-electron chi connectivity index (χ2n) is 10.6. The summed E-state index contributed by atoms with van der Waals surface area (Å²) in [6.45, 7) is 3.10. The number of alkyl halides is 3. The van der Waals surface area contributed by atoms with E-state index in [4.69, 9.17) is 5.73 Å². The Morgan fingerprint density at radius 2 is 1.96 bits per heavy atom. The largest absolute Gasteiger partial charge is 0.435 e. The highest BCUT2D eigenvalue weighted by Crippen LogP contribution is 2.37. The molecular formula is C29H33F3N10O3. The van der Waals surface area contributed by atoms with Gasteiger partial charge in [0.1, 0.15) is 6.54 Å². The van der Waals surface area contributed by atoms with E-state index in [-0.39, 0.29) is 40.6 Å². The Labute approximate surface area is 255 Å². The van der Waals surface area contributed by atoms with Gasteiger partial charge >= 0.3 is 6.18 Å². The molecule has 0 bridgehead atoms. The van der Waals surface area contributed by atoms with Crippen LogP contribution < -0.4 is 27.0 Å². The van der Waals surface area contributed by atoms with Gasteiger partial charge in [-0.15, -0.1) is 0 Å². The van der Waals surface area contributed by atoms with Gasteiger partial charge in [0.05, 0.1) is 23.5 Å². The highest BCUT2D eigenvalue weighted by Gasteiger charge is 2.38. The van der Waals surface area contributed by atoms with Crippen molar-refractivity contribution in [3.63, 3.8) is 0 Å². The molecule has 16 heteroatoms. The minimum atomic E-state index is -4.79. The summed E-state index contributed by atoms with van der Waals surface area (Å²) in [6, 6.07) is 5.05. The number of hydrogen-bond acceptors (Lipinski definition) is 8. The summed E-state index contributed by atoms with van der Waals surface area (Å²) in [7, 11) is 0. The third-order valence-electron chi connectivity index (χ3n) is 7.36. The summed E-state index contributed by atoms with van der Waals surface area (Å²) in [5.74, 6) is -0.817. The quantitative estimate of drug-likeness (QED) is 0.149. The average Bonchev–Trinajstić information content (AvgIpc) is 3.76. The number of rotatable bonds is 12. The van der Waals surface area contributed by atoms with Gasteiger partial charge in [0.15, 0.2) is 17.2 Å². The zero-order chi connectivity index (χ0) is 32.1. The number of nitrogens with one attached hydrogen (secondary N) is 4. The van der Waals surface area contributed by atoms with Crippen molar-refractivity contribution in [1.29, 1.82) is 0 Å². The smallest absolute Gasteiger partial charge is 0.368 e. The molecule has 1 aliphatic heterocycles. The Bertz CT molecular complexity index is 1710. The van der Waals surface area contributed by atoms with Crippen molar-refractivity contribution in [3.8, 4) is 11.3 Å². The van der Waals surface area contributed by atoms with Crippen LogP contribution in [0.25, 0.3) is 16.9 Å². The van der Waals surface area contributed by atoms with Crippen LogP contribution in [0.1, 0.15) is 47.8 Å². The van der Waals surface area contributed by atoms with Crippen LogP contribution in [0.15, 0.2) is 43.0 Å². The monoisotopic (exact) mass is 626 g/mol. The lowest BCUT2D eigenvalue weighted by Crippen LogP contribution is -2.41. The van der Waals surface area contributed by atoms with Crippen LogP contribution in [-0.4, -0.2) is 67.5 Å². The van der Waals surface area contributed by atoms with Crippen LogP contribution in [-0.2, 0) is 28.7 Å². The molecule has 4 heterocycles. The number of hydrogen-bond donors (Lipinski definition) is 5. The Balaban J connectivity index is 1.28. The Morgan fingerprint density at radius 3 is 2.67 bits per heavy atom. The van der Waals surface area contributed by atoms with Crippen molar-refractivity contribution in [3.05, 3.63) is 59.8 Å². The second-order valence-corrected chi connectivity index (χ2v) is 10.6. The zero-order valence-corrected chi connectivity index (χ0v) is 24.4. The standard InChI is InChI=1S/C29H33F3N10O3/c1-2-17-13-18(6-7-19(17)27(44)36-9-4-10-37-28(45)21-5-3-8-34-21)39-25-26-38-14-22(42(26)12-11-35-25)20-15-41(16-23(33)43)40-24(20)29(30,31)32/h6-7,11-15,21,34H,2-5,8-10,16H2,1H3,(H2,33,43)(H,35,39)(H,36,44)(H,37,45). The second kappa shape index (κ2) is 13.3. The maximum atomic E-state index is 13.8. The van der Waals surface area contributed by atoms with E-state index < -0.39 is 24.3 Å². The average molecular weight is 627 g/mol. The number of fused-ring (bicyclic) bond motifs is 1. The minimum Gasteiger partial charge on any atom is -0.368 e. The van der Waals surface area contributed by atoms with Crippen molar-refractivity contribution in [2.75, 3.05) is 25.0 Å². The van der Waals surface area contributed by atoms with Crippen molar-refractivity contribution in [2.24, 2.45) is 5.73 Å². The number of nitrogens with zero attached hydrogens (tertiary/aromatic N) is 5. The molecule has 5 rings (SSSR count). The molecule has 1 fully saturated rings. The zero-order valence-electron chi connectivity index (χ0n) is 24.4. The maximum Gasteiger partial charge on any atom is 0.435 e. The predicted molar refractivity (Wildman–Crippen MR) is 158 cm³/mol. The molecule has 0 saturated carbocycles. The minimum absolute atomic E-state index is 0.0192. The van der Waals surface area contributed by atoms with E-state index in [9.17, 15) is 27.6 Å². The molecule has 238 valence electrons. The lowest BCUT2D eigenvalue weighted by atomic mass is 10.0.